The fraction of sp³-hybridized carbons (Fsp3) is 0.212. The number of carbonyl (C=O) groups excluding carboxylic acids is 1. The molecule has 0 radical (unpaired) electrons. The summed E-state index contributed by atoms with van der Waals surface area (Å²) < 4.78 is 15.1. The van der Waals surface area contributed by atoms with Crippen LogP contribution in [0.25, 0.3) is 11.0 Å². The zero-order chi connectivity index (χ0) is 28.0. The maximum atomic E-state index is 12.4. The first-order valence-corrected chi connectivity index (χ1v) is 13.7. The van der Waals surface area contributed by atoms with Crippen molar-refractivity contribution in [3.05, 3.63) is 132 Å². The van der Waals surface area contributed by atoms with Gasteiger partial charge in [0.15, 0.2) is 6.29 Å². The summed E-state index contributed by atoms with van der Waals surface area (Å²) in [6.07, 6.45) is 1.61. The second-order valence-corrected chi connectivity index (χ2v) is 10.2. The number of fused-ring (bicyclic) bond motifs is 1. The normalized spacial score (nSPS) is 18.7. The Morgan fingerprint density at radius 3 is 2.37 bits per heavy atom. The summed E-state index contributed by atoms with van der Waals surface area (Å²) in [5.74, 6) is 0. The molecule has 5 aromatic rings. The van der Waals surface area contributed by atoms with Gasteiger partial charge in [0, 0.05) is 24.2 Å². The Labute approximate surface area is 238 Å². The van der Waals surface area contributed by atoms with Crippen LogP contribution in [0.2, 0.25) is 0 Å². The van der Waals surface area contributed by atoms with Crippen molar-refractivity contribution in [2.24, 2.45) is 0 Å². The molecule has 0 saturated carbocycles. The number of aliphatic hydroxyl groups is 1. The maximum Gasteiger partial charge on any atom is 0.319 e. The van der Waals surface area contributed by atoms with Crippen LogP contribution in [0.5, 0.6) is 0 Å². The number of aromatic nitrogens is 2. The smallest absolute Gasteiger partial charge is 0.319 e. The van der Waals surface area contributed by atoms with Crippen molar-refractivity contribution in [2.75, 3.05) is 5.32 Å². The number of rotatable bonds is 8. The summed E-state index contributed by atoms with van der Waals surface area (Å²) in [5, 5.41) is 15.2. The molecule has 8 nitrogen and oxygen atoms in total. The van der Waals surface area contributed by atoms with E-state index in [-0.39, 0.29) is 24.8 Å². The average Bonchev–Trinajstić information content (AvgIpc) is 3.43. The molecule has 0 bridgehead atoms. The molecular weight excluding hydrogens is 516 g/mol. The van der Waals surface area contributed by atoms with E-state index in [1.807, 2.05) is 103 Å². The van der Waals surface area contributed by atoms with E-state index in [0.717, 1.165) is 33.3 Å². The van der Waals surface area contributed by atoms with Crippen LogP contribution in [0.4, 0.5) is 10.5 Å². The number of urea groups is 1. The van der Waals surface area contributed by atoms with Gasteiger partial charge in [-0.15, -0.1) is 0 Å². The highest BCUT2D eigenvalue weighted by Gasteiger charge is 2.32. The molecule has 4 aromatic carbocycles. The third-order valence-electron chi connectivity index (χ3n) is 7.28. The molecule has 208 valence electrons. The highest BCUT2D eigenvalue weighted by atomic mass is 16.7. The quantitative estimate of drug-likeness (QED) is 0.218. The molecule has 0 aliphatic carbocycles. The van der Waals surface area contributed by atoms with E-state index in [0.29, 0.717) is 25.2 Å². The molecule has 6 rings (SSSR count). The summed E-state index contributed by atoms with van der Waals surface area (Å²) in [4.78, 5) is 16.9. The number of anilines is 1. The van der Waals surface area contributed by atoms with Gasteiger partial charge in [-0.05, 0) is 41.0 Å². The van der Waals surface area contributed by atoms with E-state index in [2.05, 4.69) is 26.3 Å². The summed E-state index contributed by atoms with van der Waals surface area (Å²) in [5.41, 5.74) is 6.46. The average molecular weight is 549 g/mol. The Kier molecular flexibility index (Phi) is 8.04. The maximum absolute atomic E-state index is 12.4. The minimum absolute atomic E-state index is 0.00146. The van der Waals surface area contributed by atoms with Gasteiger partial charge in [-0.3, -0.25) is 0 Å². The second kappa shape index (κ2) is 12.3. The second-order valence-electron chi connectivity index (χ2n) is 10.2. The van der Waals surface area contributed by atoms with E-state index in [4.69, 9.17) is 9.47 Å². The van der Waals surface area contributed by atoms with E-state index in [1.54, 1.807) is 0 Å². The topological polar surface area (TPSA) is 97.6 Å². The standard InChI is InChI=1S/C33H32N4O4/c38-21-24-10-12-25(13-11-24)31-18-28(20-37-22-35-29-8-4-5-9-30(29)37)40-32(41-31)26-14-16-27(17-15-26)36-33(39)34-19-23-6-2-1-3-7-23/h1-17,22,28,31-32,38H,18-21H2,(H2,34,36,39)/t28-,31+,32+/m0/s1. The Morgan fingerprint density at radius 1 is 0.854 bits per heavy atom. The van der Waals surface area contributed by atoms with Crippen molar-refractivity contribution in [1.29, 1.82) is 0 Å². The Morgan fingerprint density at radius 2 is 1.59 bits per heavy atom. The summed E-state index contributed by atoms with van der Waals surface area (Å²) >= 11 is 0. The number of ether oxygens (including phenoxy) is 2. The number of nitrogens with zero attached hydrogens (tertiary/aromatic N) is 2. The number of para-hydroxylation sites is 2. The van der Waals surface area contributed by atoms with Gasteiger partial charge in [-0.25, -0.2) is 9.78 Å². The van der Waals surface area contributed by atoms with Crippen LogP contribution in [-0.2, 0) is 29.2 Å². The van der Waals surface area contributed by atoms with Crippen LogP contribution < -0.4 is 10.6 Å². The lowest BCUT2D eigenvalue weighted by atomic mass is 10.00. The van der Waals surface area contributed by atoms with Gasteiger partial charge in [0.25, 0.3) is 0 Å². The highest BCUT2D eigenvalue weighted by Crippen LogP contribution is 2.38. The number of aliphatic hydroxyl groups excluding tert-OH is 1. The number of nitrogens with one attached hydrogen (secondary N) is 2. The fourth-order valence-corrected chi connectivity index (χ4v) is 5.09. The first kappa shape index (κ1) is 26.7. The fourth-order valence-electron chi connectivity index (χ4n) is 5.09. The van der Waals surface area contributed by atoms with Crippen molar-refractivity contribution >= 4 is 22.8 Å². The van der Waals surface area contributed by atoms with Gasteiger partial charge in [-0.1, -0.05) is 78.9 Å². The lowest BCUT2D eigenvalue weighted by Crippen LogP contribution is -2.32. The molecule has 1 aliphatic rings. The lowest BCUT2D eigenvalue weighted by molar-refractivity contribution is -0.252. The summed E-state index contributed by atoms with van der Waals surface area (Å²) in [6.45, 7) is 1.08. The van der Waals surface area contributed by atoms with Gasteiger partial charge in [-0.2, -0.15) is 0 Å². The molecule has 2 amide bonds. The first-order chi connectivity index (χ1) is 20.1. The van der Waals surface area contributed by atoms with Crippen LogP contribution in [-0.4, -0.2) is 26.8 Å². The Balaban J connectivity index is 1.17. The highest BCUT2D eigenvalue weighted by molar-refractivity contribution is 5.89. The van der Waals surface area contributed by atoms with E-state index < -0.39 is 6.29 Å². The predicted molar refractivity (Wildman–Crippen MR) is 157 cm³/mol. The van der Waals surface area contributed by atoms with Crippen LogP contribution in [0.15, 0.2) is 109 Å². The zero-order valence-electron chi connectivity index (χ0n) is 22.5. The summed E-state index contributed by atoms with van der Waals surface area (Å²) in [6, 6.07) is 32.9. The van der Waals surface area contributed by atoms with Crippen LogP contribution >= 0.6 is 0 Å². The molecule has 2 heterocycles. The molecule has 3 N–H and O–H groups in total. The largest absolute Gasteiger partial charge is 0.392 e. The molecule has 0 spiro atoms. The molecule has 1 fully saturated rings. The molecule has 3 atom stereocenters. The first-order valence-electron chi connectivity index (χ1n) is 13.7. The van der Waals surface area contributed by atoms with Crippen LogP contribution in [0.3, 0.4) is 0 Å². The minimum atomic E-state index is -0.591. The molecule has 41 heavy (non-hydrogen) atoms. The van der Waals surface area contributed by atoms with Gasteiger partial charge in [0.2, 0.25) is 0 Å². The molecule has 1 saturated heterocycles. The SMILES string of the molecule is O=C(NCc1ccccc1)Nc1ccc([C@@H]2O[C@H](Cn3cnc4ccccc43)C[C@H](c3ccc(CO)cc3)O2)cc1. The third-order valence-corrected chi connectivity index (χ3v) is 7.28. The van der Waals surface area contributed by atoms with Crippen molar-refractivity contribution in [1.82, 2.24) is 14.9 Å². The van der Waals surface area contributed by atoms with Gasteiger partial charge in [0.1, 0.15) is 0 Å². The van der Waals surface area contributed by atoms with E-state index in [1.165, 1.54) is 0 Å². The van der Waals surface area contributed by atoms with Gasteiger partial charge >= 0.3 is 6.03 Å². The number of hydrogen-bond acceptors (Lipinski definition) is 5. The number of benzene rings is 4. The molecule has 1 aromatic heterocycles. The Hall–Kier alpha value is -4.50. The molecule has 8 heteroatoms. The number of carbonyl (C=O) groups is 1. The minimum Gasteiger partial charge on any atom is -0.392 e. The Bertz CT molecular complexity index is 1590. The monoisotopic (exact) mass is 548 g/mol. The number of imidazole rings is 1. The van der Waals surface area contributed by atoms with Crippen molar-refractivity contribution in [3.63, 3.8) is 0 Å². The summed E-state index contributed by atoms with van der Waals surface area (Å²) in [7, 11) is 0. The number of hydrogen-bond donors (Lipinski definition) is 3. The van der Waals surface area contributed by atoms with E-state index in [9.17, 15) is 9.90 Å². The lowest BCUT2D eigenvalue weighted by Gasteiger charge is -2.36. The van der Waals surface area contributed by atoms with Crippen molar-refractivity contribution in [2.45, 2.75) is 44.6 Å². The molecule has 0 unspecified atom stereocenters. The molecular formula is C33H32N4O4. The van der Waals surface area contributed by atoms with Crippen LogP contribution in [0.1, 0.15) is 41.1 Å². The van der Waals surface area contributed by atoms with E-state index >= 15 is 0 Å². The predicted octanol–water partition coefficient (Wildman–Crippen LogP) is 6.10. The van der Waals surface area contributed by atoms with Crippen LogP contribution in [0, 0.1) is 0 Å². The van der Waals surface area contributed by atoms with Crippen molar-refractivity contribution in [3.8, 4) is 0 Å². The van der Waals surface area contributed by atoms with Crippen molar-refractivity contribution < 1.29 is 19.4 Å². The van der Waals surface area contributed by atoms with Gasteiger partial charge in [0.05, 0.1) is 42.7 Å². The van der Waals surface area contributed by atoms with Gasteiger partial charge < -0.3 is 29.8 Å². The number of amides is 2. The molecule has 1 aliphatic heterocycles. The third kappa shape index (κ3) is 6.47. The zero-order valence-corrected chi connectivity index (χ0v) is 22.5.